The summed E-state index contributed by atoms with van der Waals surface area (Å²) < 4.78 is 7.33. The molecule has 1 aromatic carbocycles. The fourth-order valence-corrected chi connectivity index (χ4v) is 4.34. The topological polar surface area (TPSA) is 21.3 Å². The second-order valence-corrected chi connectivity index (χ2v) is 7.18. The average molecular weight is 338 g/mol. The maximum Gasteiger partial charge on any atom is 0.0686 e. The first-order valence-corrected chi connectivity index (χ1v) is 8.51. The minimum atomic E-state index is 0.217. The Hall–Kier alpha value is -0.380. The highest BCUT2D eigenvalue weighted by atomic mass is 79.9. The molecule has 110 valence electrons. The van der Waals surface area contributed by atoms with E-state index in [1.165, 1.54) is 41.3 Å². The molecule has 2 nitrogen and oxygen atoms in total. The van der Waals surface area contributed by atoms with Crippen molar-refractivity contribution in [1.82, 2.24) is 5.32 Å². The van der Waals surface area contributed by atoms with E-state index in [0.717, 1.165) is 13.0 Å². The smallest absolute Gasteiger partial charge is 0.0686 e. The van der Waals surface area contributed by atoms with Crippen molar-refractivity contribution in [3.63, 3.8) is 0 Å². The van der Waals surface area contributed by atoms with E-state index in [0.29, 0.717) is 12.0 Å². The summed E-state index contributed by atoms with van der Waals surface area (Å²) in [5.41, 5.74) is 2.93. The highest BCUT2D eigenvalue weighted by Gasteiger charge is 2.44. The molecule has 2 aliphatic rings. The van der Waals surface area contributed by atoms with Crippen molar-refractivity contribution in [1.29, 1.82) is 0 Å². The molecule has 20 heavy (non-hydrogen) atoms. The molecule has 2 atom stereocenters. The zero-order valence-electron chi connectivity index (χ0n) is 12.4. The molecular formula is C17H24BrNO. The molecule has 1 saturated carbocycles. The highest BCUT2D eigenvalue weighted by molar-refractivity contribution is 9.10. The standard InChI is InChI=1S/C17H24BrNO/c1-12-5-3-6-14(15(12)18)16(19-2)13-7-10-20-17(11-13)8-4-9-17/h3,5-6,13,16,19H,4,7-11H2,1-2H3. The Morgan fingerprint density at radius 3 is 2.85 bits per heavy atom. The number of rotatable bonds is 3. The van der Waals surface area contributed by atoms with Crippen LogP contribution in [0, 0.1) is 12.8 Å². The lowest BCUT2D eigenvalue weighted by Gasteiger charge is -2.49. The number of halogens is 1. The molecule has 1 spiro atoms. The van der Waals surface area contributed by atoms with Crippen LogP contribution in [0.5, 0.6) is 0 Å². The van der Waals surface area contributed by atoms with Gasteiger partial charge in [0.2, 0.25) is 0 Å². The third-order valence-corrected chi connectivity index (χ3v) is 6.22. The van der Waals surface area contributed by atoms with Crippen LogP contribution in [-0.2, 0) is 4.74 Å². The minimum Gasteiger partial charge on any atom is -0.375 e. The predicted molar refractivity (Wildman–Crippen MR) is 85.9 cm³/mol. The van der Waals surface area contributed by atoms with Crippen molar-refractivity contribution in [2.24, 2.45) is 5.92 Å². The van der Waals surface area contributed by atoms with Gasteiger partial charge in [0.05, 0.1) is 5.60 Å². The number of hydrogen-bond donors (Lipinski definition) is 1. The quantitative estimate of drug-likeness (QED) is 0.884. The van der Waals surface area contributed by atoms with Crippen LogP contribution in [0.1, 0.15) is 49.3 Å². The average Bonchev–Trinajstić information content (AvgIpc) is 2.43. The summed E-state index contributed by atoms with van der Waals surface area (Å²) in [5, 5.41) is 3.56. The van der Waals surface area contributed by atoms with Gasteiger partial charge in [-0.05, 0) is 63.1 Å². The molecule has 2 unspecified atom stereocenters. The zero-order chi connectivity index (χ0) is 14.2. The fraction of sp³-hybridized carbons (Fsp3) is 0.647. The normalized spacial score (nSPS) is 26.2. The van der Waals surface area contributed by atoms with Crippen LogP contribution < -0.4 is 5.32 Å². The van der Waals surface area contributed by atoms with E-state index in [1.54, 1.807) is 0 Å². The highest BCUT2D eigenvalue weighted by Crippen LogP contribution is 2.47. The number of aryl methyl sites for hydroxylation is 1. The van der Waals surface area contributed by atoms with Crippen molar-refractivity contribution < 1.29 is 4.74 Å². The zero-order valence-corrected chi connectivity index (χ0v) is 14.0. The first-order valence-electron chi connectivity index (χ1n) is 7.71. The number of benzene rings is 1. The number of nitrogens with one attached hydrogen (secondary N) is 1. The van der Waals surface area contributed by atoms with Crippen LogP contribution >= 0.6 is 15.9 Å². The van der Waals surface area contributed by atoms with E-state index in [2.05, 4.69) is 53.4 Å². The largest absolute Gasteiger partial charge is 0.375 e. The molecule has 1 saturated heterocycles. The molecule has 0 amide bonds. The maximum atomic E-state index is 6.08. The van der Waals surface area contributed by atoms with Gasteiger partial charge in [-0.25, -0.2) is 0 Å². The second kappa shape index (κ2) is 5.78. The Labute approximate surface area is 130 Å². The van der Waals surface area contributed by atoms with Gasteiger partial charge in [-0.2, -0.15) is 0 Å². The van der Waals surface area contributed by atoms with Crippen LogP contribution in [0.4, 0.5) is 0 Å². The Morgan fingerprint density at radius 2 is 2.20 bits per heavy atom. The van der Waals surface area contributed by atoms with E-state index in [-0.39, 0.29) is 5.60 Å². The van der Waals surface area contributed by atoms with Gasteiger partial charge in [0.25, 0.3) is 0 Å². The molecule has 1 aromatic rings. The van der Waals surface area contributed by atoms with E-state index >= 15 is 0 Å². The van der Waals surface area contributed by atoms with Gasteiger partial charge in [-0.15, -0.1) is 0 Å². The first kappa shape index (κ1) is 14.6. The molecule has 1 heterocycles. The van der Waals surface area contributed by atoms with Gasteiger partial charge in [-0.3, -0.25) is 0 Å². The SMILES string of the molecule is CNC(c1cccc(C)c1Br)C1CCOC2(CCC2)C1. The van der Waals surface area contributed by atoms with Gasteiger partial charge in [-0.1, -0.05) is 34.1 Å². The lowest BCUT2D eigenvalue weighted by Crippen LogP contribution is -2.47. The van der Waals surface area contributed by atoms with Gasteiger partial charge in [0.15, 0.2) is 0 Å². The Balaban J connectivity index is 1.84. The van der Waals surface area contributed by atoms with E-state index < -0.39 is 0 Å². The lowest BCUT2D eigenvalue weighted by molar-refractivity contribution is -0.147. The summed E-state index contributed by atoms with van der Waals surface area (Å²) in [6.07, 6.45) is 6.22. The molecule has 2 fully saturated rings. The van der Waals surface area contributed by atoms with Crippen LogP contribution in [0.3, 0.4) is 0 Å². The van der Waals surface area contributed by atoms with E-state index in [9.17, 15) is 0 Å². The summed E-state index contributed by atoms with van der Waals surface area (Å²) in [6, 6.07) is 7.00. The lowest BCUT2D eigenvalue weighted by atomic mass is 9.69. The Morgan fingerprint density at radius 1 is 1.40 bits per heavy atom. The van der Waals surface area contributed by atoms with Gasteiger partial charge in [0, 0.05) is 17.1 Å². The van der Waals surface area contributed by atoms with Crippen LogP contribution in [0.15, 0.2) is 22.7 Å². The maximum absolute atomic E-state index is 6.08. The summed E-state index contributed by atoms with van der Waals surface area (Å²) in [7, 11) is 2.09. The summed E-state index contributed by atoms with van der Waals surface area (Å²) in [5.74, 6) is 0.673. The van der Waals surface area contributed by atoms with E-state index in [4.69, 9.17) is 4.74 Å². The van der Waals surface area contributed by atoms with Crippen molar-refractivity contribution in [2.45, 2.75) is 50.7 Å². The monoisotopic (exact) mass is 337 g/mol. The van der Waals surface area contributed by atoms with Gasteiger partial charge in [0.1, 0.15) is 0 Å². The molecule has 3 rings (SSSR count). The third kappa shape index (κ3) is 2.56. The third-order valence-electron chi connectivity index (χ3n) is 5.14. The molecule has 1 aliphatic carbocycles. The van der Waals surface area contributed by atoms with Crippen molar-refractivity contribution in [3.05, 3.63) is 33.8 Å². The molecule has 0 radical (unpaired) electrons. The molecule has 0 aromatic heterocycles. The molecule has 3 heteroatoms. The van der Waals surface area contributed by atoms with Crippen LogP contribution in [-0.4, -0.2) is 19.3 Å². The summed E-state index contributed by atoms with van der Waals surface area (Å²) >= 11 is 3.78. The van der Waals surface area contributed by atoms with Crippen LogP contribution in [0.2, 0.25) is 0 Å². The first-order chi connectivity index (χ1) is 9.65. The molecule has 1 aliphatic heterocycles. The minimum absolute atomic E-state index is 0.217. The fourth-order valence-electron chi connectivity index (χ4n) is 3.83. The number of ether oxygens (including phenoxy) is 1. The molecule has 0 bridgehead atoms. The van der Waals surface area contributed by atoms with Gasteiger partial charge >= 0.3 is 0 Å². The second-order valence-electron chi connectivity index (χ2n) is 6.38. The summed E-state index contributed by atoms with van der Waals surface area (Å²) in [6.45, 7) is 3.09. The Bertz CT molecular complexity index is 484. The van der Waals surface area contributed by atoms with Crippen LogP contribution in [0.25, 0.3) is 0 Å². The van der Waals surface area contributed by atoms with Crippen molar-refractivity contribution >= 4 is 15.9 Å². The molecule has 1 N–H and O–H groups in total. The van der Waals surface area contributed by atoms with E-state index in [1.807, 2.05) is 0 Å². The molecular weight excluding hydrogens is 314 g/mol. The Kier molecular flexibility index (Phi) is 4.21. The predicted octanol–water partition coefficient (Wildman–Crippen LogP) is 4.37. The van der Waals surface area contributed by atoms with Crippen molar-refractivity contribution in [3.8, 4) is 0 Å². The summed E-state index contributed by atoms with van der Waals surface area (Å²) in [4.78, 5) is 0. The van der Waals surface area contributed by atoms with Gasteiger partial charge < -0.3 is 10.1 Å². The number of hydrogen-bond acceptors (Lipinski definition) is 2. The van der Waals surface area contributed by atoms with Crippen molar-refractivity contribution in [2.75, 3.05) is 13.7 Å².